The largest absolute Gasteiger partial charge is 0.338 e. The van der Waals surface area contributed by atoms with Gasteiger partial charge in [-0.1, -0.05) is 33.6 Å². The zero-order valence-electron chi connectivity index (χ0n) is 14.5. The molecule has 4 nitrogen and oxygen atoms in total. The molecule has 0 bridgehead atoms. The molecule has 1 aliphatic rings. The van der Waals surface area contributed by atoms with Crippen molar-refractivity contribution in [1.29, 1.82) is 0 Å². The summed E-state index contributed by atoms with van der Waals surface area (Å²) in [6, 6.07) is 0.338. The highest BCUT2D eigenvalue weighted by Crippen LogP contribution is 2.33. The third-order valence-electron chi connectivity index (χ3n) is 4.94. The molecule has 1 saturated heterocycles. The first kappa shape index (κ1) is 18.4. The van der Waals surface area contributed by atoms with Gasteiger partial charge in [0.05, 0.1) is 5.41 Å². The summed E-state index contributed by atoms with van der Waals surface area (Å²) in [5, 5.41) is 0. The van der Waals surface area contributed by atoms with Crippen molar-refractivity contribution < 1.29 is 4.79 Å². The van der Waals surface area contributed by atoms with E-state index in [2.05, 4.69) is 37.6 Å². The van der Waals surface area contributed by atoms with E-state index in [0.29, 0.717) is 18.5 Å². The molecular weight excluding hydrogens is 262 g/mol. The Bertz CT molecular complexity index is 313. The molecule has 1 aliphatic heterocycles. The van der Waals surface area contributed by atoms with Crippen molar-refractivity contribution >= 4 is 5.91 Å². The molecule has 21 heavy (non-hydrogen) atoms. The quantitative estimate of drug-likeness (QED) is 0.785. The maximum atomic E-state index is 13.3. The third kappa shape index (κ3) is 4.43. The Labute approximate surface area is 131 Å². The van der Waals surface area contributed by atoms with Gasteiger partial charge in [0.2, 0.25) is 5.91 Å². The van der Waals surface area contributed by atoms with E-state index in [1.54, 1.807) is 0 Å². The van der Waals surface area contributed by atoms with Crippen molar-refractivity contribution in [1.82, 2.24) is 9.80 Å². The summed E-state index contributed by atoms with van der Waals surface area (Å²) in [7, 11) is 2.16. The van der Waals surface area contributed by atoms with Crippen LogP contribution in [0.4, 0.5) is 0 Å². The fraction of sp³-hybridized carbons (Fsp3) is 0.941. The van der Waals surface area contributed by atoms with E-state index in [9.17, 15) is 4.79 Å². The van der Waals surface area contributed by atoms with E-state index in [-0.39, 0.29) is 5.41 Å². The molecule has 1 atom stereocenters. The van der Waals surface area contributed by atoms with Crippen LogP contribution in [0, 0.1) is 5.41 Å². The average Bonchev–Trinajstić information content (AvgIpc) is 2.67. The van der Waals surface area contributed by atoms with Gasteiger partial charge in [-0.25, -0.2) is 0 Å². The molecule has 0 spiro atoms. The van der Waals surface area contributed by atoms with E-state index >= 15 is 0 Å². The van der Waals surface area contributed by atoms with Gasteiger partial charge >= 0.3 is 0 Å². The third-order valence-corrected chi connectivity index (χ3v) is 4.94. The Kier molecular flexibility index (Phi) is 7.67. The summed E-state index contributed by atoms with van der Waals surface area (Å²) in [6.45, 7) is 9.93. The van der Waals surface area contributed by atoms with Crippen LogP contribution >= 0.6 is 0 Å². The van der Waals surface area contributed by atoms with E-state index in [0.717, 1.165) is 58.2 Å². The van der Waals surface area contributed by atoms with Gasteiger partial charge in [0.1, 0.15) is 0 Å². The van der Waals surface area contributed by atoms with Gasteiger partial charge < -0.3 is 15.5 Å². The zero-order valence-corrected chi connectivity index (χ0v) is 14.5. The molecule has 0 radical (unpaired) electrons. The lowest BCUT2D eigenvalue weighted by Crippen LogP contribution is -2.53. The second-order valence-corrected chi connectivity index (χ2v) is 6.66. The Morgan fingerprint density at radius 3 is 2.29 bits per heavy atom. The number of likely N-dealkylation sites (N-methyl/N-ethyl adjacent to an activating group) is 1. The molecule has 0 aliphatic carbocycles. The van der Waals surface area contributed by atoms with Gasteiger partial charge in [0, 0.05) is 25.7 Å². The second-order valence-electron chi connectivity index (χ2n) is 6.66. The summed E-state index contributed by atoms with van der Waals surface area (Å²) >= 11 is 0. The van der Waals surface area contributed by atoms with Crippen molar-refractivity contribution in [2.24, 2.45) is 11.1 Å². The Morgan fingerprint density at radius 2 is 1.81 bits per heavy atom. The summed E-state index contributed by atoms with van der Waals surface area (Å²) in [5.74, 6) is 0.316. The summed E-state index contributed by atoms with van der Waals surface area (Å²) in [4.78, 5) is 17.8. The van der Waals surface area contributed by atoms with Gasteiger partial charge in [-0.3, -0.25) is 4.79 Å². The van der Waals surface area contributed by atoms with Crippen LogP contribution in [-0.4, -0.2) is 55.0 Å². The van der Waals surface area contributed by atoms with Crippen LogP contribution in [0.1, 0.15) is 59.3 Å². The topological polar surface area (TPSA) is 49.6 Å². The molecule has 1 amide bonds. The number of rotatable bonds is 7. The fourth-order valence-corrected chi connectivity index (χ4v) is 3.75. The lowest BCUT2D eigenvalue weighted by molar-refractivity contribution is -0.145. The molecule has 1 fully saturated rings. The van der Waals surface area contributed by atoms with Crippen LogP contribution in [0.25, 0.3) is 0 Å². The molecule has 0 aromatic heterocycles. The van der Waals surface area contributed by atoms with Gasteiger partial charge in [-0.05, 0) is 39.3 Å². The predicted molar refractivity (Wildman–Crippen MR) is 89.2 cm³/mol. The number of nitrogens with two attached hydrogens (primary N) is 1. The molecule has 1 heterocycles. The second kappa shape index (κ2) is 8.74. The number of carbonyl (C=O) groups excluding carboxylic acids is 1. The summed E-state index contributed by atoms with van der Waals surface area (Å²) in [5.41, 5.74) is 5.75. The van der Waals surface area contributed by atoms with Crippen LogP contribution in [0.15, 0.2) is 0 Å². The summed E-state index contributed by atoms with van der Waals surface area (Å²) < 4.78 is 0. The molecule has 0 aromatic rings. The van der Waals surface area contributed by atoms with Crippen molar-refractivity contribution in [3.63, 3.8) is 0 Å². The first-order chi connectivity index (χ1) is 10.0. The van der Waals surface area contributed by atoms with Crippen molar-refractivity contribution in [2.45, 2.75) is 65.3 Å². The Hall–Kier alpha value is -0.610. The number of hydrogen-bond acceptors (Lipinski definition) is 3. The van der Waals surface area contributed by atoms with E-state index in [1.165, 1.54) is 0 Å². The average molecular weight is 297 g/mol. The van der Waals surface area contributed by atoms with Crippen LogP contribution in [-0.2, 0) is 4.79 Å². The highest BCUT2D eigenvalue weighted by Gasteiger charge is 2.40. The first-order valence-electron chi connectivity index (χ1n) is 8.74. The Balaban J connectivity index is 2.98. The number of nitrogens with zero attached hydrogens (tertiary/aromatic N) is 2. The minimum atomic E-state index is -0.334. The number of carbonyl (C=O) groups is 1. The maximum absolute atomic E-state index is 13.3. The highest BCUT2D eigenvalue weighted by atomic mass is 16.2. The van der Waals surface area contributed by atoms with Crippen molar-refractivity contribution in [3.05, 3.63) is 0 Å². The number of amides is 1. The van der Waals surface area contributed by atoms with Gasteiger partial charge in [-0.15, -0.1) is 0 Å². The molecule has 0 aromatic carbocycles. The molecule has 1 unspecified atom stereocenters. The smallest absolute Gasteiger partial charge is 0.230 e. The molecule has 4 heteroatoms. The van der Waals surface area contributed by atoms with Crippen molar-refractivity contribution in [2.75, 3.05) is 33.2 Å². The zero-order chi connectivity index (χ0) is 15.9. The van der Waals surface area contributed by atoms with E-state index < -0.39 is 0 Å². The lowest BCUT2D eigenvalue weighted by atomic mass is 9.77. The SMILES string of the molecule is CCCC(CN)(CCC)C(=O)N1CCCN(C)CC1CC. The van der Waals surface area contributed by atoms with Crippen molar-refractivity contribution in [3.8, 4) is 0 Å². The number of hydrogen-bond donors (Lipinski definition) is 1. The van der Waals surface area contributed by atoms with Gasteiger partial charge in [-0.2, -0.15) is 0 Å². The highest BCUT2D eigenvalue weighted by molar-refractivity contribution is 5.83. The lowest BCUT2D eigenvalue weighted by Gasteiger charge is -2.39. The normalized spacial score (nSPS) is 21.4. The van der Waals surface area contributed by atoms with Crippen LogP contribution in [0.5, 0.6) is 0 Å². The van der Waals surface area contributed by atoms with Gasteiger partial charge in [0.15, 0.2) is 0 Å². The fourth-order valence-electron chi connectivity index (χ4n) is 3.75. The van der Waals surface area contributed by atoms with E-state index in [1.807, 2.05) is 0 Å². The molecule has 1 rings (SSSR count). The van der Waals surface area contributed by atoms with E-state index in [4.69, 9.17) is 5.73 Å². The monoisotopic (exact) mass is 297 g/mol. The molecule has 0 saturated carbocycles. The predicted octanol–water partition coefficient (Wildman–Crippen LogP) is 2.47. The Morgan fingerprint density at radius 1 is 1.19 bits per heavy atom. The molecular formula is C17H35N3O. The summed E-state index contributed by atoms with van der Waals surface area (Å²) in [6.07, 6.45) is 5.96. The minimum absolute atomic E-state index is 0.316. The van der Waals surface area contributed by atoms with Crippen LogP contribution < -0.4 is 5.73 Å². The van der Waals surface area contributed by atoms with Crippen LogP contribution in [0.2, 0.25) is 0 Å². The van der Waals surface area contributed by atoms with Crippen LogP contribution in [0.3, 0.4) is 0 Å². The first-order valence-corrected chi connectivity index (χ1v) is 8.74. The molecule has 2 N–H and O–H groups in total. The minimum Gasteiger partial charge on any atom is -0.338 e. The van der Waals surface area contributed by atoms with Gasteiger partial charge in [0.25, 0.3) is 0 Å². The maximum Gasteiger partial charge on any atom is 0.230 e. The molecule has 124 valence electrons. The standard InChI is InChI=1S/C17H35N3O/c1-5-9-17(14-18,10-6-2)16(21)20-12-8-11-19(4)13-15(20)7-3/h15H,5-14,18H2,1-4H3.